The fourth-order valence-corrected chi connectivity index (χ4v) is 3.06. The lowest BCUT2D eigenvalue weighted by atomic mass is 10.2. The Kier molecular flexibility index (Phi) is 6.43. The first kappa shape index (κ1) is 19.1. The van der Waals surface area contributed by atoms with Gasteiger partial charge in [0.05, 0.1) is 10.5 Å². The molecule has 2 N–H and O–H groups in total. The topological polar surface area (TPSA) is 125 Å². The number of esters is 1. The number of hydrogen-bond acceptors (Lipinski definition) is 6. The number of nitrogens with zero attached hydrogens (tertiary/aromatic N) is 1. The van der Waals surface area contributed by atoms with E-state index in [2.05, 4.69) is 5.32 Å². The Hall–Kier alpha value is -3.22. The summed E-state index contributed by atoms with van der Waals surface area (Å²) in [5, 5.41) is 11.5. The van der Waals surface area contributed by atoms with E-state index in [-0.39, 0.29) is 10.5 Å². The second kappa shape index (κ2) is 8.75. The molecule has 0 atom stereocenters. The highest BCUT2D eigenvalue weighted by molar-refractivity contribution is 7.89. The van der Waals surface area contributed by atoms with Crippen molar-refractivity contribution < 1.29 is 22.7 Å². The smallest absolute Gasteiger partial charge is 0.321 e. The maximum Gasteiger partial charge on any atom is 0.321 e. The van der Waals surface area contributed by atoms with Crippen molar-refractivity contribution in [1.29, 1.82) is 5.26 Å². The van der Waals surface area contributed by atoms with Gasteiger partial charge in [-0.15, -0.1) is 0 Å². The average Bonchev–Trinajstić information content (AvgIpc) is 2.65. The molecule has 0 saturated heterocycles. The predicted molar refractivity (Wildman–Crippen MR) is 92.4 cm³/mol. The van der Waals surface area contributed by atoms with Crippen molar-refractivity contribution in [3.05, 3.63) is 60.2 Å². The largest absolute Gasteiger partial charge is 0.455 e. The summed E-state index contributed by atoms with van der Waals surface area (Å²) >= 11 is 0. The summed E-state index contributed by atoms with van der Waals surface area (Å²) in [6, 6.07) is 15.9. The standard InChI is InChI=1S/C17H15N3O5S/c18-10-13-6-4-5-9-15(13)26(23,24)19-11-17(22)25-12-16(21)20-14-7-2-1-3-8-14/h1-9,19H,11-12H2,(H,20,21). The molecular weight excluding hydrogens is 358 g/mol. The van der Waals surface area contributed by atoms with Crippen LogP contribution in [0.3, 0.4) is 0 Å². The number of nitrogens with one attached hydrogen (secondary N) is 2. The van der Waals surface area contributed by atoms with Crippen LogP contribution in [0.2, 0.25) is 0 Å². The van der Waals surface area contributed by atoms with E-state index >= 15 is 0 Å². The molecule has 0 aliphatic carbocycles. The normalized spacial score (nSPS) is 10.6. The van der Waals surface area contributed by atoms with Gasteiger partial charge in [0.1, 0.15) is 12.6 Å². The summed E-state index contributed by atoms with van der Waals surface area (Å²) in [5.74, 6) is -1.48. The second-order valence-electron chi connectivity index (χ2n) is 5.01. The van der Waals surface area contributed by atoms with Crippen molar-refractivity contribution in [3.63, 3.8) is 0 Å². The van der Waals surface area contributed by atoms with Crippen molar-refractivity contribution in [1.82, 2.24) is 4.72 Å². The molecule has 2 aromatic rings. The molecule has 0 unspecified atom stereocenters. The summed E-state index contributed by atoms with van der Waals surface area (Å²) < 4.78 is 31.1. The SMILES string of the molecule is N#Cc1ccccc1S(=O)(=O)NCC(=O)OCC(=O)Nc1ccccc1. The van der Waals surface area contributed by atoms with Crippen LogP contribution in [0.1, 0.15) is 5.56 Å². The number of para-hydroxylation sites is 1. The van der Waals surface area contributed by atoms with Gasteiger partial charge in [-0.1, -0.05) is 30.3 Å². The molecule has 0 heterocycles. The van der Waals surface area contributed by atoms with E-state index in [1.165, 1.54) is 24.3 Å². The molecule has 0 aliphatic heterocycles. The molecular formula is C17H15N3O5S. The lowest BCUT2D eigenvalue weighted by Crippen LogP contribution is -2.32. The Balaban J connectivity index is 1.84. The lowest BCUT2D eigenvalue weighted by Gasteiger charge is -2.09. The van der Waals surface area contributed by atoms with Crippen molar-refractivity contribution in [2.45, 2.75) is 4.90 Å². The van der Waals surface area contributed by atoms with Crippen LogP contribution in [0.4, 0.5) is 5.69 Å². The number of carbonyl (C=O) groups excluding carboxylic acids is 2. The molecule has 8 nitrogen and oxygen atoms in total. The highest BCUT2D eigenvalue weighted by Gasteiger charge is 2.19. The average molecular weight is 373 g/mol. The Morgan fingerprint density at radius 1 is 1.04 bits per heavy atom. The number of carbonyl (C=O) groups is 2. The number of amides is 1. The molecule has 26 heavy (non-hydrogen) atoms. The fourth-order valence-electron chi connectivity index (χ4n) is 1.94. The number of benzene rings is 2. The van der Waals surface area contributed by atoms with Crippen LogP contribution >= 0.6 is 0 Å². The zero-order valence-corrected chi connectivity index (χ0v) is 14.3. The maximum atomic E-state index is 12.1. The summed E-state index contributed by atoms with van der Waals surface area (Å²) in [7, 11) is -4.06. The first-order valence-corrected chi connectivity index (χ1v) is 8.90. The van der Waals surface area contributed by atoms with Crippen molar-refractivity contribution in [3.8, 4) is 6.07 Å². The number of anilines is 1. The highest BCUT2D eigenvalue weighted by Crippen LogP contribution is 2.13. The quantitative estimate of drug-likeness (QED) is 0.698. The molecule has 0 aromatic heterocycles. The van der Waals surface area contributed by atoms with E-state index in [0.29, 0.717) is 5.69 Å². The monoisotopic (exact) mass is 373 g/mol. The third kappa shape index (κ3) is 5.41. The van der Waals surface area contributed by atoms with Crippen molar-refractivity contribution in [2.24, 2.45) is 0 Å². The minimum absolute atomic E-state index is 0.0457. The first-order chi connectivity index (χ1) is 12.4. The predicted octanol–water partition coefficient (Wildman–Crippen LogP) is 1.02. The zero-order chi connectivity index (χ0) is 19.0. The van der Waals surface area contributed by atoms with Crippen LogP contribution in [-0.2, 0) is 24.3 Å². The van der Waals surface area contributed by atoms with E-state index in [1.54, 1.807) is 36.4 Å². The number of nitriles is 1. The van der Waals surface area contributed by atoms with Gasteiger partial charge in [-0.2, -0.15) is 9.98 Å². The van der Waals surface area contributed by atoms with E-state index in [9.17, 15) is 18.0 Å². The molecule has 0 aliphatic rings. The summed E-state index contributed by atoms with van der Waals surface area (Å²) in [6.07, 6.45) is 0. The first-order valence-electron chi connectivity index (χ1n) is 7.41. The van der Waals surface area contributed by atoms with Gasteiger partial charge in [0.25, 0.3) is 5.91 Å². The van der Waals surface area contributed by atoms with Crippen LogP contribution in [0.5, 0.6) is 0 Å². The summed E-state index contributed by atoms with van der Waals surface area (Å²) in [6.45, 7) is -1.22. The molecule has 0 saturated carbocycles. The van der Waals surface area contributed by atoms with Crippen LogP contribution in [0.15, 0.2) is 59.5 Å². The summed E-state index contributed by atoms with van der Waals surface area (Å²) in [5.41, 5.74) is 0.498. The van der Waals surface area contributed by atoms with E-state index in [4.69, 9.17) is 10.00 Å². The zero-order valence-electron chi connectivity index (χ0n) is 13.5. The number of ether oxygens (including phenoxy) is 1. The van der Waals surface area contributed by atoms with Gasteiger partial charge in [0.2, 0.25) is 10.0 Å². The van der Waals surface area contributed by atoms with Gasteiger partial charge in [0.15, 0.2) is 6.61 Å². The summed E-state index contributed by atoms with van der Waals surface area (Å²) in [4.78, 5) is 23.1. The van der Waals surface area contributed by atoms with Gasteiger partial charge >= 0.3 is 5.97 Å². The fraction of sp³-hybridized carbons (Fsp3) is 0.118. The minimum atomic E-state index is -4.06. The molecule has 0 bridgehead atoms. The highest BCUT2D eigenvalue weighted by atomic mass is 32.2. The van der Waals surface area contributed by atoms with Crippen LogP contribution < -0.4 is 10.0 Å². The molecule has 2 rings (SSSR count). The number of sulfonamides is 1. The second-order valence-corrected chi connectivity index (χ2v) is 6.74. The van der Waals surface area contributed by atoms with Crippen LogP contribution in [-0.4, -0.2) is 33.4 Å². The number of hydrogen-bond donors (Lipinski definition) is 2. The van der Waals surface area contributed by atoms with E-state index in [0.717, 1.165) is 0 Å². The molecule has 0 radical (unpaired) electrons. The number of rotatable bonds is 7. The molecule has 0 spiro atoms. The third-order valence-corrected chi connectivity index (χ3v) is 4.58. The van der Waals surface area contributed by atoms with Gasteiger partial charge in [-0.05, 0) is 24.3 Å². The van der Waals surface area contributed by atoms with Gasteiger partial charge < -0.3 is 10.1 Å². The van der Waals surface area contributed by atoms with Gasteiger partial charge in [0, 0.05) is 5.69 Å². The van der Waals surface area contributed by atoms with Crippen LogP contribution in [0, 0.1) is 11.3 Å². The van der Waals surface area contributed by atoms with Crippen molar-refractivity contribution in [2.75, 3.05) is 18.5 Å². The maximum absolute atomic E-state index is 12.1. The Labute approximate surface area is 150 Å². The molecule has 0 fully saturated rings. The minimum Gasteiger partial charge on any atom is -0.455 e. The van der Waals surface area contributed by atoms with E-state index < -0.39 is 35.1 Å². The van der Waals surface area contributed by atoms with Gasteiger partial charge in [-0.25, -0.2) is 8.42 Å². The Morgan fingerprint density at radius 3 is 2.38 bits per heavy atom. The van der Waals surface area contributed by atoms with Crippen LogP contribution in [0.25, 0.3) is 0 Å². The lowest BCUT2D eigenvalue weighted by molar-refractivity contribution is -0.146. The Bertz CT molecular complexity index is 936. The van der Waals surface area contributed by atoms with Crippen molar-refractivity contribution >= 4 is 27.6 Å². The Morgan fingerprint density at radius 2 is 1.69 bits per heavy atom. The molecule has 9 heteroatoms. The van der Waals surface area contributed by atoms with E-state index in [1.807, 2.05) is 4.72 Å². The van der Waals surface area contributed by atoms with Gasteiger partial charge in [-0.3, -0.25) is 9.59 Å². The molecule has 134 valence electrons. The molecule has 1 amide bonds. The molecule has 2 aromatic carbocycles. The third-order valence-electron chi connectivity index (χ3n) is 3.13.